The van der Waals surface area contributed by atoms with Gasteiger partial charge in [-0.1, -0.05) is 6.07 Å². The summed E-state index contributed by atoms with van der Waals surface area (Å²) < 4.78 is 0. The van der Waals surface area contributed by atoms with Crippen LogP contribution in [0.15, 0.2) is 24.5 Å². The van der Waals surface area contributed by atoms with Gasteiger partial charge in [-0.05, 0) is 30.9 Å². The molecular weight excluding hydrogens is 329 g/mol. The average molecular weight is 350 g/mol. The largest absolute Gasteiger partial charge is 0.341 e. The minimum Gasteiger partial charge on any atom is -0.341 e. The van der Waals surface area contributed by atoms with Crippen molar-refractivity contribution in [1.82, 2.24) is 15.2 Å². The van der Waals surface area contributed by atoms with Crippen molar-refractivity contribution in [2.45, 2.75) is 30.7 Å². The van der Waals surface area contributed by atoms with Crippen LogP contribution < -0.4 is 5.32 Å². The third-order valence-corrected chi connectivity index (χ3v) is 5.00. The minimum absolute atomic E-state index is 0. The standard InChI is InChI=1S/C14H19N3OS.2ClH/c18-14(17-7-2-1-3-8-17)12-10-19-13(16-12)11-5-4-6-15-9-11;;/h4-6,9,12-13,16H,1-3,7-8,10H2;2*1H. The first-order chi connectivity index (χ1) is 9.34. The zero-order valence-corrected chi connectivity index (χ0v) is 14.2. The molecule has 1 aromatic rings. The number of rotatable bonds is 2. The van der Waals surface area contributed by atoms with E-state index in [0.717, 1.165) is 37.2 Å². The van der Waals surface area contributed by atoms with Gasteiger partial charge in [0.1, 0.15) is 0 Å². The Bertz CT molecular complexity index is 443. The Kier molecular flexibility index (Phi) is 7.81. The predicted octanol–water partition coefficient (Wildman–Crippen LogP) is 2.64. The van der Waals surface area contributed by atoms with Crippen LogP contribution in [-0.2, 0) is 4.79 Å². The van der Waals surface area contributed by atoms with E-state index in [9.17, 15) is 4.79 Å². The van der Waals surface area contributed by atoms with E-state index >= 15 is 0 Å². The molecule has 4 nitrogen and oxygen atoms in total. The summed E-state index contributed by atoms with van der Waals surface area (Å²) in [5.41, 5.74) is 1.15. The van der Waals surface area contributed by atoms with Gasteiger partial charge in [-0.2, -0.15) is 0 Å². The van der Waals surface area contributed by atoms with E-state index in [0.29, 0.717) is 0 Å². The van der Waals surface area contributed by atoms with E-state index in [4.69, 9.17) is 0 Å². The van der Waals surface area contributed by atoms with Gasteiger partial charge in [0.2, 0.25) is 5.91 Å². The lowest BCUT2D eigenvalue weighted by molar-refractivity contribution is -0.133. The first-order valence-electron chi connectivity index (χ1n) is 6.91. The fourth-order valence-electron chi connectivity index (χ4n) is 2.67. The predicted molar refractivity (Wildman–Crippen MR) is 91.3 cm³/mol. The van der Waals surface area contributed by atoms with Crippen molar-refractivity contribution in [2.24, 2.45) is 0 Å². The number of likely N-dealkylation sites (tertiary alicyclic amines) is 1. The summed E-state index contributed by atoms with van der Waals surface area (Å²) >= 11 is 1.80. The summed E-state index contributed by atoms with van der Waals surface area (Å²) in [6, 6.07) is 3.97. The summed E-state index contributed by atoms with van der Waals surface area (Å²) in [5, 5.41) is 3.64. The number of pyridine rings is 1. The van der Waals surface area contributed by atoms with Crippen LogP contribution in [0.25, 0.3) is 0 Å². The molecule has 1 aromatic heterocycles. The van der Waals surface area contributed by atoms with E-state index < -0.39 is 0 Å². The molecule has 3 heterocycles. The van der Waals surface area contributed by atoms with E-state index in [2.05, 4.69) is 16.4 Å². The maximum Gasteiger partial charge on any atom is 0.240 e. The highest BCUT2D eigenvalue weighted by Crippen LogP contribution is 2.32. The molecule has 0 spiro atoms. The lowest BCUT2D eigenvalue weighted by atomic mass is 10.1. The van der Waals surface area contributed by atoms with E-state index in [1.54, 1.807) is 18.0 Å². The maximum absolute atomic E-state index is 12.4. The van der Waals surface area contributed by atoms with Crippen LogP contribution in [0.3, 0.4) is 0 Å². The molecule has 2 aliphatic heterocycles. The molecule has 2 unspecified atom stereocenters. The van der Waals surface area contributed by atoms with Crippen molar-refractivity contribution in [1.29, 1.82) is 0 Å². The molecule has 2 saturated heterocycles. The monoisotopic (exact) mass is 349 g/mol. The Morgan fingerprint density at radius 2 is 2.05 bits per heavy atom. The number of nitrogens with zero attached hydrogens (tertiary/aromatic N) is 2. The minimum atomic E-state index is -0.0340. The number of amides is 1. The van der Waals surface area contributed by atoms with Gasteiger partial charge in [0.05, 0.1) is 11.4 Å². The van der Waals surface area contributed by atoms with Crippen LogP contribution >= 0.6 is 36.6 Å². The number of thioether (sulfide) groups is 1. The van der Waals surface area contributed by atoms with E-state index in [-0.39, 0.29) is 42.1 Å². The molecule has 0 bridgehead atoms. The third-order valence-electron chi connectivity index (χ3n) is 3.74. The fourth-order valence-corrected chi connectivity index (χ4v) is 3.89. The number of halogens is 2. The van der Waals surface area contributed by atoms with Crippen LogP contribution in [-0.4, -0.2) is 40.7 Å². The molecule has 2 fully saturated rings. The number of carbonyl (C=O) groups excluding carboxylic acids is 1. The van der Waals surface area contributed by atoms with Crippen molar-refractivity contribution < 1.29 is 4.79 Å². The Balaban J connectivity index is 0.00000110. The lowest BCUT2D eigenvalue weighted by Gasteiger charge is -2.29. The summed E-state index contributed by atoms with van der Waals surface area (Å²) in [7, 11) is 0. The zero-order chi connectivity index (χ0) is 13.1. The quantitative estimate of drug-likeness (QED) is 0.891. The number of hydrogen-bond acceptors (Lipinski definition) is 4. The second kappa shape index (κ2) is 8.83. The van der Waals surface area contributed by atoms with Gasteiger partial charge in [-0.15, -0.1) is 36.6 Å². The first-order valence-corrected chi connectivity index (χ1v) is 7.96. The molecule has 0 saturated carbocycles. The molecule has 2 atom stereocenters. The first kappa shape index (κ1) is 18.6. The third kappa shape index (κ3) is 4.49. The van der Waals surface area contributed by atoms with Crippen LogP contribution in [0.1, 0.15) is 30.2 Å². The van der Waals surface area contributed by atoms with Gasteiger partial charge >= 0.3 is 0 Å². The Hall–Kier alpha value is -0.490. The molecule has 0 aliphatic carbocycles. The van der Waals surface area contributed by atoms with Crippen LogP contribution in [0, 0.1) is 0 Å². The molecule has 0 aromatic carbocycles. The highest BCUT2D eigenvalue weighted by molar-refractivity contribution is 7.99. The van der Waals surface area contributed by atoms with Gasteiger partial charge in [0, 0.05) is 31.2 Å². The number of nitrogens with one attached hydrogen (secondary N) is 1. The van der Waals surface area contributed by atoms with Gasteiger partial charge < -0.3 is 4.90 Å². The SMILES string of the molecule is Cl.Cl.O=C(C1CSC(c2cccnc2)N1)N1CCCCC1. The van der Waals surface area contributed by atoms with Gasteiger partial charge in [0.25, 0.3) is 0 Å². The highest BCUT2D eigenvalue weighted by Gasteiger charge is 2.33. The molecule has 7 heteroatoms. The number of piperidine rings is 1. The van der Waals surface area contributed by atoms with Crippen LogP contribution in [0.2, 0.25) is 0 Å². The lowest BCUT2D eigenvalue weighted by Crippen LogP contribution is -2.47. The van der Waals surface area contributed by atoms with E-state index in [1.165, 1.54) is 6.42 Å². The molecule has 1 N–H and O–H groups in total. The molecule has 1 amide bonds. The van der Waals surface area contributed by atoms with Gasteiger partial charge in [-0.25, -0.2) is 0 Å². The van der Waals surface area contributed by atoms with Crippen molar-refractivity contribution in [2.75, 3.05) is 18.8 Å². The van der Waals surface area contributed by atoms with Crippen LogP contribution in [0.5, 0.6) is 0 Å². The Labute approximate surface area is 142 Å². The molecular formula is C14H21Cl2N3OS. The zero-order valence-electron chi connectivity index (χ0n) is 11.7. The number of aromatic nitrogens is 1. The maximum atomic E-state index is 12.4. The second-order valence-electron chi connectivity index (χ2n) is 5.10. The molecule has 0 radical (unpaired) electrons. The highest BCUT2D eigenvalue weighted by atomic mass is 35.5. The summed E-state index contributed by atoms with van der Waals surface area (Å²) in [4.78, 5) is 18.6. The van der Waals surface area contributed by atoms with Crippen molar-refractivity contribution in [3.63, 3.8) is 0 Å². The smallest absolute Gasteiger partial charge is 0.240 e. The van der Waals surface area contributed by atoms with Gasteiger partial charge in [0.15, 0.2) is 0 Å². The van der Waals surface area contributed by atoms with Gasteiger partial charge in [-0.3, -0.25) is 15.1 Å². The number of hydrogen-bond donors (Lipinski definition) is 1. The Morgan fingerprint density at radius 1 is 1.29 bits per heavy atom. The molecule has 118 valence electrons. The van der Waals surface area contributed by atoms with Crippen molar-refractivity contribution in [3.8, 4) is 0 Å². The summed E-state index contributed by atoms with van der Waals surface area (Å²) in [6.45, 7) is 1.86. The molecule has 2 aliphatic rings. The summed E-state index contributed by atoms with van der Waals surface area (Å²) in [6.07, 6.45) is 7.21. The fraction of sp³-hybridized carbons (Fsp3) is 0.571. The second-order valence-corrected chi connectivity index (χ2v) is 6.24. The summed E-state index contributed by atoms with van der Waals surface area (Å²) in [5.74, 6) is 1.13. The Morgan fingerprint density at radius 3 is 2.71 bits per heavy atom. The van der Waals surface area contributed by atoms with Crippen molar-refractivity contribution in [3.05, 3.63) is 30.1 Å². The van der Waals surface area contributed by atoms with Crippen molar-refractivity contribution >= 4 is 42.5 Å². The number of carbonyl (C=O) groups is 1. The molecule has 3 rings (SSSR count). The topological polar surface area (TPSA) is 45.2 Å². The normalized spacial score (nSPS) is 24.9. The average Bonchev–Trinajstić information content (AvgIpc) is 2.98. The molecule has 21 heavy (non-hydrogen) atoms. The van der Waals surface area contributed by atoms with Crippen LogP contribution in [0.4, 0.5) is 0 Å². The van der Waals surface area contributed by atoms with E-state index in [1.807, 2.05) is 17.2 Å².